The van der Waals surface area contributed by atoms with E-state index in [1.54, 1.807) is 12.1 Å². The molecule has 12 heteroatoms. The molecule has 0 fully saturated rings. The normalized spacial score (nSPS) is 11.2. The fraction of sp³-hybridized carbons (Fsp3) is 0.0833. The van der Waals surface area contributed by atoms with Crippen LogP contribution in [0.25, 0.3) is 28.0 Å². The number of rotatable bonds is 5. The molecule has 5 aromatic rings. The number of nitrogens with two attached hydrogens (primary N) is 2. The number of fused-ring (bicyclic) bond motifs is 1. The summed E-state index contributed by atoms with van der Waals surface area (Å²) in [7, 11) is 1.46. The molecule has 36 heavy (non-hydrogen) atoms. The zero-order chi connectivity index (χ0) is 25.6. The Bertz CT molecular complexity index is 1610. The number of ether oxygens (including phenoxy) is 1. The second-order valence-electron chi connectivity index (χ2n) is 7.77. The van der Waals surface area contributed by atoms with Crippen molar-refractivity contribution >= 4 is 22.5 Å². The maximum absolute atomic E-state index is 14.3. The van der Waals surface area contributed by atoms with Crippen LogP contribution in [0, 0.1) is 23.3 Å². The molecule has 0 saturated heterocycles. The molecule has 182 valence electrons. The summed E-state index contributed by atoms with van der Waals surface area (Å²) in [5.74, 6) is -3.83. The molecule has 0 bridgehead atoms. The maximum Gasteiger partial charge on any atom is 0.255 e. The topological polar surface area (TPSA) is 118 Å². The van der Waals surface area contributed by atoms with E-state index in [2.05, 4.69) is 20.1 Å². The summed E-state index contributed by atoms with van der Waals surface area (Å²) < 4.78 is 62.8. The molecule has 0 aliphatic carbocycles. The van der Waals surface area contributed by atoms with Crippen LogP contribution in [0.2, 0.25) is 0 Å². The number of benzene rings is 2. The summed E-state index contributed by atoms with van der Waals surface area (Å²) in [6.45, 7) is 0. The number of hydrogen-bond donors (Lipinski definition) is 2. The van der Waals surface area contributed by atoms with Gasteiger partial charge in [0, 0.05) is 29.6 Å². The predicted molar refractivity (Wildman–Crippen MR) is 124 cm³/mol. The van der Waals surface area contributed by atoms with E-state index < -0.39 is 35.3 Å². The van der Waals surface area contributed by atoms with Crippen molar-refractivity contribution in [3.8, 4) is 23.0 Å². The van der Waals surface area contributed by atoms with E-state index in [-0.39, 0.29) is 28.7 Å². The number of aromatic nitrogens is 5. The molecule has 2 aromatic carbocycles. The molecular formula is C24H17F4N7O. The molecule has 0 spiro atoms. The first kappa shape index (κ1) is 23.0. The lowest BCUT2D eigenvalue weighted by Gasteiger charge is -2.11. The average Bonchev–Trinajstić information content (AvgIpc) is 3.21. The lowest BCUT2D eigenvalue weighted by atomic mass is 10.1. The van der Waals surface area contributed by atoms with E-state index in [1.165, 1.54) is 30.1 Å². The molecule has 0 aliphatic heterocycles. The molecule has 0 unspecified atom stereocenters. The lowest BCUT2D eigenvalue weighted by Crippen LogP contribution is -2.10. The molecule has 8 nitrogen and oxygen atoms in total. The van der Waals surface area contributed by atoms with Gasteiger partial charge in [0.2, 0.25) is 5.88 Å². The molecule has 0 radical (unpaired) electrons. The smallest absolute Gasteiger partial charge is 0.255 e. The Hall–Kier alpha value is -4.74. The van der Waals surface area contributed by atoms with Crippen LogP contribution in [-0.4, -0.2) is 31.8 Å². The van der Waals surface area contributed by atoms with Gasteiger partial charge in [0.25, 0.3) is 5.95 Å². The monoisotopic (exact) mass is 495 g/mol. The fourth-order valence-corrected chi connectivity index (χ4v) is 3.88. The molecule has 5 rings (SSSR count). The van der Waals surface area contributed by atoms with Crippen molar-refractivity contribution in [2.75, 3.05) is 18.6 Å². The van der Waals surface area contributed by atoms with Crippen LogP contribution in [0.4, 0.5) is 29.2 Å². The van der Waals surface area contributed by atoms with Crippen molar-refractivity contribution in [1.82, 2.24) is 24.7 Å². The van der Waals surface area contributed by atoms with Gasteiger partial charge in [0.15, 0.2) is 11.6 Å². The Morgan fingerprint density at radius 2 is 1.64 bits per heavy atom. The summed E-state index contributed by atoms with van der Waals surface area (Å²) in [6, 6.07) is 8.48. The first-order valence-electron chi connectivity index (χ1n) is 10.5. The van der Waals surface area contributed by atoms with E-state index in [0.29, 0.717) is 28.6 Å². The van der Waals surface area contributed by atoms with Crippen molar-refractivity contribution in [2.45, 2.75) is 6.42 Å². The number of anilines is 2. The largest absolute Gasteiger partial charge is 0.481 e. The van der Waals surface area contributed by atoms with Gasteiger partial charge in [0.05, 0.1) is 23.9 Å². The quantitative estimate of drug-likeness (QED) is 0.277. The summed E-state index contributed by atoms with van der Waals surface area (Å²) in [5, 5.41) is 4.57. The van der Waals surface area contributed by atoms with Gasteiger partial charge in [-0.05, 0) is 42.0 Å². The van der Waals surface area contributed by atoms with Gasteiger partial charge in [-0.2, -0.15) is 19.7 Å². The zero-order valence-corrected chi connectivity index (χ0v) is 18.6. The first-order chi connectivity index (χ1) is 17.3. The van der Waals surface area contributed by atoms with Crippen molar-refractivity contribution in [3.63, 3.8) is 0 Å². The van der Waals surface area contributed by atoms with Crippen molar-refractivity contribution < 1.29 is 22.3 Å². The van der Waals surface area contributed by atoms with Crippen LogP contribution in [0.1, 0.15) is 11.3 Å². The van der Waals surface area contributed by atoms with Crippen molar-refractivity contribution in [3.05, 3.63) is 83.2 Å². The minimum atomic E-state index is -1.35. The van der Waals surface area contributed by atoms with Gasteiger partial charge in [-0.3, -0.25) is 0 Å². The maximum atomic E-state index is 14.3. The number of nitrogen functional groups attached to an aromatic ring is 2. The standard InChI is InChI=1S/C24H17F4N7O/c1-36-19-8-11(6-7-31-19)20-22(29)32-24(33-23(20)30)35-18-5-2-12(25)9-14(18)17(34-35)10-13-15(26)3-4-16(27)21(13)28/h2-9H,10H2,1H3,(H4,29,30,32,33). The van der Waals surface area contributed by atoms with Crippen LogP contribution >= 0.6 is 0 Å². The molecule has 0 aliphatic rings. The molecular weight excluding hydrogens is 478 g/mol. The highest BCUT2D eigenvalue weighted by molar-refractivity contribution is 5.85. The SMILES string of the molecule is COc1cc(-c2c(N)nc(-n3nc(Cc4c(F)ccc(F)c4F)c4cc(F)ccc43)nc2N)ccn1. The highest BCUT2D eigenvalue weighted by Crippen LogP contribution is 2.33. The zero-order valence-electron chi connectivity index (χ0n) is 18.6. The average molecular weight is 495 g/mol. The third-order valence-electron chi connectivity index (χ3n) is 5.58. The van der Waals surface area contributed by atoms with Crippen LogP contribution < -0.4 is 16.2 Å². The Labute approximate surface area is 201 Å². The van der Waals surface area contributed by atoms with Crippen molar-refractivity contribution in [2.24, 2.45) is 0 Å². The fourth-order valence-electron chi connectivity index (χ4n) is 3.88. The number of halogens is 4. The van der Waals surface area contributed by atoms with Crippen LogP contribution in [-0.2, 0) is 6.42 Å². The second-order valence-corrected chi connectivity index (χ2v) is 7.77. The molecule has 3 aromatic heterocycles. The van der Waals surface area contributed by atoms with Crippen molar-refractivity contribution in [1.29, 1.82) is 0 Å². The molecule has 0 atom stereocenters. The number of nitrogens with zero attached hydrogens (tertiary/aromatic N) is 5. The number of pyridine rings is 1. The first-order valence-corrected chi connectivity index (χ1v) is 10.5. The second kappa shape index (κ2) is 8.80. The van der Waals surface area contributed by atoms with Crippen LogP contribution in [0.5, 0.6) is 5.88 Å². The lowest BCUT2D eigenvalue weighted by molar-refractivity contribution is 0.398. The molecule has 0 saturated carbocycles. The Morgan fingerprint density at radius 3 is 2.36 bits per heavy atom. The van der Waals surface area contributed by atoms with Gasteiger partial charge in [-0.15, -0.1) is 0 Å². The minimum absolute atomic E-state index is 0.0142. The van der Waals surface area contributed by atoms with E-state index in [9.17, 15) is 17.6 Å². The summed E-state index contributed by atoms with van der Waals surface area (Å²) >= 11 is 0. The summed E-state index contributed by atoms with van der Waals surface area (Å²) in [4.78, 5) is 12.6. The number of methoxy groups -OCH3 is 1. The third-order valence-corrected chi connectivity index (χ3v) is 5.58. The van der Waals surface area contributed by atoms with E-state index in [4.69, 9.17) is 16.2 Å². The molecule has 4 N–H and O–H groups in total. The van der Waals surface area contributed by atoms with Crippen LogP contribution in [0.3, 0.4) is 0 Å². The van der Waals surface area contributed by atoms with Gasteiger partial charge >= 0.3 is 0 Å². The van der Waals surface area contributed by atoms with Gasteiger partial charge in [-0.1, -0.05) is 0 Å². The van der Waals surface area contributed by atoms with E-state index in [1.807, 2.05) is 0 Å². The highest BCUT2D eigenvalue weighted by atomic mass is 19.2. The highest BCUT2D eigenvalue weighted by Gasteiger charge is 2.22. The number of hydrogen-bond acceptors (Lipinski definition) is 7. The Kier molecular flexibility index (Phi) is 5.63. The van der Waals surface area contributed by atoms with Gasteiger partial charge in [0.1, 0.15) is 23.3 Å². The summed E-state index contributed by atoms with van der Waals surface area (Å²) in [6.07, 6.45) is 1.05. The third kappa shape index (κ3) is 3.91. The van der Waals surface area contributed by atoms with Crippen LogP contribution in [0.15, 0.2) is 48.7 Å². The van der Waals surface area contributed by atoms with Gasteiger partial charge in [-0.25, -0.2) is 22.5 Å². The van der Waals surface area contributed by atoms with E-state index >= 15 is 0 Å². The Morgan fingerprint density at radius 1 is 0.917 bits per heavy atom. The molecule has 0 amide bonds. The predicted octanol–water partition coefficient (Wildman–Crippen LogP) is 4.20. The Balaban J connectivity index is 1.65. The molecule has 3 heterocycles. The summed E-state index contributed by atoms with van der Waals surface area (Å²) in [5.41, 5.74) is 13.1. The minimum Gasteiger partial charge on any atom is -0.481 e. The van der Waals surface area contributed by atoms with Gasteiger partial charge < -0.3 is 16.2 Å². The van der Waals surface area contributed by atoms with E-state index in [0.717, 1.165) is 12.1 Å².